The van der Waals surface area contributed by atoms with E-state index in [-0.39, 0.29) is 6.61 Å². The van der Waals surface area contributed by atoms with Crippen LogP contribution in [0.4, 0.5) is 0 Å². The summed E-state index contributed by atoms with van der Waals surface area (Å²) in [6, 6.07) is 0. The van der Waals surface area contributed by atoms with E-state index < -0.39 is 10.1 Å². The SMILES string of the molecule is COc1cnc(CCOS(C)(=O)=O)cn1. The second-order valence-corrected chi connectivity index (χ2v) is 4.47. The first-order valence-electron chi connectivity index (χ1n) is 4.20. The van der Waals surface area contributed by atoms with Crippen LogP contribution in [0, 0.1) is 0 Å². The molecule has 84 valence electrons. The number of methoxy groups -OCH3 is 1. The highest BCUT2D eigenvalue weighted by atomic mass is 32.2. The maximum absolute atomic E-state index is 10.6. The Morgan fingerprint density at radius 3 is 2.53 bits per heavy atom. The van der Waals surface area contributed by atoms with Gasteiger partial charge in [0.1, 0.15) is 0 Å². The molecule has 6 nitrogen and oxygen atoms in total. The summed E-state index contributed by atoms with van der Waals surface area (Å²) in [7, 11) is -1.88. The minimum Gasteiger partial charge on any atom is -0.480 e. The fourth-order valence-electron chi connectivity index (χ4n) is 0.875. The Balaban J connectivity index is 2.45. The molecule has 7 heteroatoms. The molecule has 0 aliphatic heterocycles. The highest BCUT2D eigenvalue weighted by Gasteiger charge is 2.02. The molecule has 0 fully saturated rings. The Hall–Kier alpha value is -1.21. The molecule has 0 aliphatic rings. The number of hydrogen-bond donors (Lipinski definition) is 0. The molecule has 0 aromatic carbocycles. The Bertz CT molecular complexity index is 401. The molecule has 0 atom stereocenters. The zero-order chi connectivity index (χ0) is 11.3. The van der Waals surface area contributed by atoms with Gasteiger partial charge < -0.3 is 4.74 Å². The average molecular weight is 232 g/mol. The quantitative estimate of drug-likeness (QED) is 0.665. The summed E-state index contributed by atoms with van der Waals surface area (Å²) < 4.78 is 30.7. The van der Waals surface area contributed by atoms with Crippen molar-refractivity contribution in [1.82, 2.24) is 9.97 Å². The van der Waals surface area contributed by atoms with Gasteiger partial charge in [-0.1, -0.05) is 0 Å². The van der Waals surface area contributed by atoms with Gasteiger partial charge in [0.25, 0.3) is 10.1 Å². The van der Waals surface area contributed by atoms with Crippen molar-refractivity contribution in [3.05, 3.63) is 18.1 Å². The molecule has 0 saturated heterocycles. The van der Waals surface area contributed by atoms with Crippen molar-refractivity contribution < 1.29 is 17.3 Å². The second-order valence-electron chi connectivity index (χ2n) is 2.83. The third kappa shape index (κ3) is 4.71. The third-order valence-electron chi connectivity index (χ3n) is 1.55. The van der Waals surface area contributed by atoms with Crippen LogP contribution in [0.5, 0.6) is 5.88 Å². The molecule has 0 N–H and O–H groups in total. The smallest absolute Gasteiger partial charge is 0.264 e. The lowest BCUT2D eigenvalue weighted by Gasteiger charge is -2.01. The fourth-order valence-corrected chi connectivity index (χ4v) is 1.26. The maximum Gasteiger partial charge on any atom is 0.264 e. The number of rotatable bonds is 5. The molecule has 0 unspecified atom stereocenters. The van der Waals surface area contributed by atoms with Crippen LogP contribution in [0.3, 0.4) is 0 Å². The van der Waals surface area contributed by atoms with Crippen molar-refractivity contribution in [3.8, 4) is 5.88 Å². The van der Waals surface area contributed by atoms with Gasteiger partial charge in [-0.05, 0) is 0 Å². The van der Waals surface area contributed by atoms with E-state index in [0.29, 0.717) is 18.0 Å². The second kappa shape index (κ2) is 5.04. The van der Waals surface area contributed by atoms with E-state index in [1.54, 1.807) is 0 Å². The molecule has 1 heterocycles. The monoisotopic (exact) mass is 232 g/mol. The highest BCUT2D eigenvalue weighted by molar-refractivity contribution is 7.85. The van der Waals surface area contributed by atoms with Crippen molar-refractivity contribution in [3.63, 3.8) is 0 Å². The molecule has 0 saturated carbocycles. The van der Waals surface area contributed by atoms with Crippen molar-refractivity contribution >= 4 is 10.1 Å². The summed E-state index contributed by atoms with van der Waals surface area (Å²) in [4.78, 5) is 7.93. The van der Waals surface area contributed by atoms with Crippen LogP contribution in [0.2, 0.25) is 0 Å². The largest absolute Gasteiger partial charge is 0.480 e. The number of nitrogens with zero attached hydrogens (tertiary/aromatic N) is 2. The zero-order valence-electron chi connectivity index (χ0n) is 8.50. The minimum absolute atomic E-state index is 0.0693. The summed E-state index contributed by atoms with van der Waals surface area (Å²) in [5.41, 5.74) is 0.652. The summed E-state index contributed by atoms with van der Waals surface area (Å²) in [5, 5.41) is 0. The van der Waals surface area contributed by atoms with Gasteiger partial charge in [-0.15, -0.1) is 0 Å². The predicted octanol–water partition coefficient (Wildman–Crippen LogP) is 0.00390. The normalized spacial score (nSPS) is 11.3. The van der Waals surface area contributed by atoms with E-state index in [1.807, 2.05) is 0 Å². The van der Waals surface area contributed by atoms with Gasteiger partial charge in [-0.3, -0.25) is 9.17 Å². The molecule has 0 amide bonds. The number of aromatic nitrogens is 2. The fraction of sp³-hybridized carbons (Fsp3) is 0.500. The molecule has 1 aromatic heterocycles. The van der Waals surface area contributed by atoms with E-state index in [4.69, 9.17) is 4.74 Å². The first-order valence-corrected chi connectivity index (χ1v) is 6.02. The first-order chi connectivity index (χ1) is 7.01. The van der Waals surface area contributed by atoms with E-state index in [2.05, 4.69) is 14.2 Å². The van der Waals surface area contributed by atoms with Gasteiger partial charge in [0, 0.05) is 6.42 Å². The van der Waals surface area contributed by atoms with Gasteiger partial charge in [-0.2, -0.15) is 8.42 Å². The molecule has 0 spiro atoms. The lowest BCUT2D eigenvalue weighted by molar-refractivity contribution is 0.324. The maximum atomic E-state index is 10.6. The average Bonchev–Trinajstić information content (AvgIpc) is 2.17. The van der Waals surface area contributed by atoms with Crippen LogP contribution in [-0.2, 0) is 20.7 Å². The predicted molar refractivity (Wildman–Crippen MR) is 53.1 cm³/mol. The van der Waals surface area contributed by atoms with Gasteiger partial charge in [0.05, 0.1) is 38.1 Å². The van der Waals surface area contributed by atoms with Crippen LogP contribution >= 0.6 is 0 Å². The van der Waals surface area contributed by atoms with E-state index in [0.717, 1.165) is 6.26 Å². The lowest BCUT2D eigenvalue weighted by atomic mass is 10.3. The van der Waals surface area contributed by atoms with Crippen LogP contribution < -0.4 is 4.74 Å². The van der Waals surface area contributed by atoms with Crippen LogP contribution in [0.15, 0.2) is 12.4 Å². The lowest BCUT2D eigenvalue weighted by Crippen LogP contribution is -2.07. The highest BCUT2D eigenvalue weighted by Crippen LogP contribution is 2.03. The van der Waals surface area contributed by atoms with Crippen molar-refractivity contribution in [2.45, 2.75) is 6.42 Å². The summed E-state index contributed by atoms with van der Waals surface area (Å²) in [6.07, 6.45) is 4.39. The van der Waals surface area contributed by atoms with Crippen molar-refractivity contribution in [2.24, 2.45) is 0 Å². The Kier molecular flexibility index (Phi) is 3.98. The Labute approximate surface area is 88.4 Å². The van der Waals surface area contributed by atoms with Gasteiger partial charge >= 0.3 is 0 Å². The minimum atomic E-state index is -3.38. The molecular weight excluding hydrogens is 220 g/mol. The van der Waals surface area contributed by atoms with Crippen LogP contribution in [-0.4, -0.2) is 38.4 Å². The first kappa shape index (κ1) is 11.9. The standard InChI is InChI=1S/C8H12N2O4S/c1-13-8-6-9-7(5-10-8)3-4-14-15(2,11)12/h5-6H,3-4H2,1-2H3. The van der Waals surface area contributed by atoms with Crippen molar-refractivity contribution in [2.75, 3.05) is 20.0 Å². The van der Waals surface area contributed by atoms with Gasteiger partial charge in [-0.25, -0.2) is 4.98 Å². The van der Waals surface area contributed by atoms with Gasteiger partial charge in [0.15, 0.2) is 0 Å². The third-order valence-corrected chi connectivity index (χ3v) is 2.14. The van der Waals surface area contributed by atoms with E-state index in [9.17, 15) is 8.42 Å². The Morgan fingerprint density at radius 2 is 2.07 bits per heavy atom. The zero-order valence-corrected chi connectivity index (χ0v) is 9.32. The van der Waals surface area contributed by atoms with Crippen LogP contribution in [0.25, 0.3) is 0 Å². The Morgan fingerprint density at radius 1 is 1.33 bits per heavy atom. The molecule has 1 aromatic rings. The molecule has 0 bridgehead atoms. The molecule has 1 rings (SSSR count). The molecule has 0 radical (unpaired) electrons. The van der Waals surface area contributed by atoms with Crippen LogP contribution in [0.1, 0.15) is 5.69 Å². The van der Waals surface area contributed by atoms with Crippen molar-refractivity contribution in [1.29, 1.82) is 0 Å². The molecular formula is C8H12N2O4S. The number of ether oxygens (including phenoxy) is 1. The summed E-state index contributed by atoms with van der Waals surface area (Å²) in [6.45, 7) is 0.0693. The topological polar surface area (TPSA) is 78.4 Å². The number of hydrogen-bond acceptors (Lipinski definition) is 6. The summed E-state index contributed by atoms with van der Waals surface area (Å²) in [5.74, 6) is 0.419. The summed E-state index contributed by atoms with van der Waals surface area (Å²) >= 11 is 0. The molecule has 15 heavy (non-hydrogen) atoms. The van der Waals surface area contributed by atoms with E-state index >= 15 is 0 Å². The van der Waals surface area contributed by atoms with E-state index in [1.165, 1.54) is 19.5 Å². The molecule has 0 aliphatic carbocycles. The van der Waals surface area contributed by atoms with Gasteiger partial charge in [0.2, 0.25) is 5.88 Å².